The van der Waals surface area contributed by atoms with Crippen LogP contribution in [0, 0.1) is 5.92 Å². The van der Waals surface area contributed by atoms with Gasteiger partial charge in [0, 0.05) is 6.42 Å². The van der Waals surface area contributed by atoms with E-state index in [4.69, 9.17) is 10.6 Å². The van der Waals surface area contributed by atoms with Crippen LogP contribution in [-0.2, 0) is 6.42 Å². The highest BCUT2D eigenvalue weighted by Crippen LogP contribution is 2.36. The fourth-order valence-electron chi connectivity index (χ4n) is 2.76. The van der Waals surface area contributed by atoms with Gasteiger partial charge in [0.1, 0.15) is 11.9 Å². The van der Waals surface area contributed by atoms with Gasteiger partial charge in [-0.2, -0.15) is 0 Å². The van der Waals surface area contributed by atoms with Crippen molar-refractivity contribution in [3.8, 4) is 5.75 Å². The minimum Gasteiger partial charge on any atom is -0.488 e. The molecule has 0 bridgehead atoms. The Kier molecular flexibility index (Phi) is 2.58. The maximum Gasteiger partial charge on any atom is 0.123 e. The molecule has 3 nitrogen and oxygen atoms in total. The molecule has 3 heteroatoms. The van der Waals surface area contributed by atoms with E-state index in [1.165, 1.54) is 24.8 Å². The molecule has 2 atom stereocenters. The zero-order valence-electron chi connectivity index (χ0n) is 9.36. The Balaban J connectivity index is 1.74. The van der Waals surface area contributed by atoms with Crippen LogP contribution in [0.5, 0.6) is 5.75 Å². The standard InChI is InChI=1S/C13H18N2O/c14-15-13(9-5-3-6-9)12-8-10-4-1-2-7-11(10)16-12/h1-2,4,7,9,12-13,15H,3,5-6,8,14H2. The van der Waals surface area contributed by atoms with Crippen LogP contribution < -0.4 is 16.0 Å². The summed E-state index contributed by atoms with van der Waals surface area (Å²) in [7, 11) is 0. The lowest BCUT2D eigenvalue weighted by molar-refractivity contribution is 0.104. The first-order valence-corrected chi connectivity index (χ1v) is 6.09. The fourth-order valence-corrected chi connectivity index (χ4v) is 2.76. The maximum atomic E-state index is 5.97. The smallest absolute Gasteiger partial charge is 0.123 e. The molecule has 0 amide bonds. The summed E-state index contributed by atoms with van der Waals surface area (Å²) >= 11 is 0. The van der Waals surface area contributed by atoms with Crippen molar-refractivity contribution in [3.63, 3.8) is 0 Å². The number of nitrogens with two attached hydrogens (primary N) is 1. The highest BCUT2D eigenvalue weighted by atomic mass is 16.5. The molecule has 1 aliphatic heterocycles. The van der Waals surface area contributed by atoms with Crippen LogP contribution in [-0.4, -0.2) is 12.1 Å². The SMILES string of the molecule is NNC(C1CCC1)C1Cc2ccccc2O1. The number of nitrogens with one attached hydrogen (secondary N) is 1. The van der Waals surface area contributed by atoms with Gasteiger partial charge in [-0.1, -0.05) is 24.6 Å². The van der Waals surface area contributed by atoms with E-state index < -0.39 is 0 Å². The fraction of sp³-hybridized carbons (Fsp3) is 0.538. The molecule has 1 aliphatic carbocycles. The first-order chi connectivity index (χ1) is 7.88. The van der Waals surface area contributed by atoms with E-state index in [-0.39, 0.29) is 6.10 Å². The van der Waals surface area contributed by atoms with Crippen LogP contribution in [0.3, 0.4) is 0 Å². The third-order valence-corrected chi connectivity index (χ3v) is 3.92. The summed E-state index contributed by atoms with van der Waals surface area (Å²) in [6.07, 6.45) is 5.10. The topological polar surface area (TPSA) is 47.3 Å². The molecule has 1 aromatic rings. The number of para-hydroxylation sites is 1. The Morgan fingerprint density at radius 1 is 1.31 bits per heavy atom. The molecular weight excluding hydrogens is 200 g/mol. The second-order valence-corrected chi connectivity index (χ2v) is 4.85. The molecule has 1 fully saturated rings. The largest absolute Gasteiger partial charge is 0.488 e. The van der Waals surface area contributed by atoms with Crippen molar-refractivity contribution in [3.05, 3.63) is 29.8 Å². The highest BCUT2D eigenvalue weighted by Gasteiger charge is 2.37. The predicted molar refractivity (Wildman–Crippen MR) is 63.0 cm³/mol. The molecule has 0 radical (unpaired) electrons. The van der Waals surface area contributed by atoms with Crippen LogP contribution in [0.15, 0.2) is 24.3 Å². The third-order valence-electron chi connectivity index (χ3n) is 3.92. The minimum atomic E-state index is 0.215. The molecular formula is C13H18N2O. The maximum absolute atomic E-state index is 5.97. The van der Waals surface area contributed by atoms with Gasteiger partial charge in [-0.15, -0.1) is 0 Å². The quantitative estimate of drug-likeness (QED) is 0.598. The van der Waals surface area contributed by atoms with Crippen molar-refractivity contribution in [1.29, 1.82) is 0 Å². The van der Waals surface area contributed by atoms with Crippen molar-refractivity contribution in [2.24, 2.45) is 11.8 Å². The Hall–Kier alpha value is -1.06. The zero-order valence-corrected chi connectivity index (χ0v) is 9.36. The second kappa shape index (κ2) is 4.07. The number of ether oxygens (including phenoxy) is 1. The van der Waals surface area contributed by atoms with E-state index in [0.717, 1.165) is 12.2 Å². The van der Waals surface area contributed by atoms with Gasteiger partial charge in [0.25, 0.3) is 0 Å². The van der Waals surface area contributed by atoms with E-state index in [2.05, 4.69) is 17.6 Å². The Morgan fingerprint density at radius 3 is 2.75 bits per heavy atom. The van der Waals surface area contributed by atoms with Crippen molar-refractivity contribution in [2.75, 3.05) is 0 Å². The molecule has 3 rings (SSSR count). The molecule has 2 unspecified atom stereocenters. The average molecular weight is 218 g/mol. The van der Waals surface area contributed by atoms with Crippen LogP contribution in [0.4, 0.5) is 0 Å². The van der Waals surface area contributed by atoms with E-state index in [1.807, 2.05) is 12.1 Å². The molecule has 86 valence electrons. The summed E-state index contributed by atoms with van der Waals surface area (Å²) in [5.74, 6) is 7.40. The normalized spacial score (nSPS) is 25.7. The molecule has 1 aromatic carbocycles. The summed E-state index contributed by atoms with van der Waals surface area (Å²) < 4.78 is 5.97. The molecule has 3 N–H and O–H groups in total. The van der Waals surface area contributed by atoms with Crippen molar-refractivity contribution in [2.45, 2.75) is 37.8 Å². The van der Waals surface area contributed by atoms with Crippen LogP contribution in [0.2, 0.25) is 0 Å². The third kappa shape index (κ3) is 1.60. The van der Waals surface area contributed by atoms with Crippen molar-refractivity contribution < 1.29 is 4.74 Å². The predicted octanol–water partition coefficient (Wildman–Crippen LogP) is 1.62. The first-order valence-electron chi connectivity index (χ1n) is 6.09. The Morgan fingerprint density at radius 2 is 2.12 bits per heavy atom. The number of hydrazine groups is 1. The van der Waals surface area contributed by atoms with Crippen LogP contribution >= 0.6 is 0 Å². The van der Waals surface area contributed by atoms with E-state index in [9.17, 15) is 0 Å². The van der Waals surface area contributed by atoms with Crippen LogP contribution in [0.1, 0.15) is 24.8 Å². The molecule has 1 saturated carbocycles. The monoisotopic (exact) mass is 218 g/mol. The van der Waals surface area contributed by atoms with E-state index in [0.29, 0.717) is 12.0 Å². The average Bonchev–Trinajstić information content (AvgIpc) is 2.66. The molecule has 0 saturated heterocycles. The summed E-state index contributed by atoms with van der Waals surface area (Å²) in [5, 5.41) is 0. The molecule has 1 heterocycles. The lowest BCUT2D eigenvalue weighted by Gasteiger charge is -2.36. The molecule has 0 spiro atoms. The zero-order chi connectivity index (χ0) is 11.0. The van der Waals surface area contributed by atoms with Gasteiger partial charge in [0.05, 0.1) is 6.04 Å². The van der Waals surface area contributed by atoms with Gasteiger partial charge in [-0.3, -0.25) is 11.3 Å². The Labute approximate surface area is 95.9 Å². The van der Waals surface area contributed by atoms with Crippen molar-refractivity contribution in [1.82, 2.24) is 5.43 Å². The summed E-state index contributed by atoms with van der Waals surface area (Å²) in [6, 6.07) is 8.59. The van der Waals surface area contributed by atoms with Gasteiger partial charge in [0.15, 0.2) is 0 Å². The van der Waals surface area contributed by atoms with E-state index >= 15 is 0 Å². The van der Waals surface area contributed by atoms with Crippen LogP contribution in [0.25, 0.3) is 0 Å². The lowest BCUT2D eigenvalue weighted by atomic mass is 9.77. The number of hydrogen-bond acceptors (Lipinski definition) is 3. The first kappa shape index (κ1) is 10.1. The number of benzene rings is 1. The van der Waals surface area contributed by atoms with Gasteiger partial charge in [-0.25, -0.2) is 0 Å². The van der Waals surface area contributed by atoms with E-state index in [1.54, 1.807) is 0 Å². The van der Waals surface area contributed by atoms with Gasteiger partial charge >= 0.3 is 0 Å². The van der Waals surface area contributed by atoms with Crippen molar-refractivity contribution >= 4 is 0 Å². The van der Waals surface area contributed by atoms with Gasteiger partial charge in [0.2, 0.25) is 0 Å². The van der Waals surface area contributed by atoms with Gasteiger partial charge < -0.3 is 4.74 Å². The van der Waals surface area contributed by atoms with Gasteiger partial charge in [-0.05, 0) is 30.4 Å². The second-order valence-electron chi connectivity index (χ2n) is 4.85. The number of rotatable bonds is 3. The summed E-state index contributed by atoms with van der Waals surface area (Å²) in [5.41, 5.74) is 4.27. The summed E-state index contributed by atoms with van der Waals surface area (Å²) in [6.45, 7) is 0. The Bertz CT molecular complexity index is 351. The number of hydrogen-bond donors (Lipinski definition) is 2. The lowest BCUT2D eigenvalue weighted by Crippen LogP contribution is -2.52. The number of fused-ring (bicyclic) bond motifs is 1. The highest BCUT2D eigenvalue weighted by molar-refractivity contribution is 5.37. The molecule has 2 aliphatic rings. The molecule has 16 heavy (non-hydrogen) atoms. The summed E-state index contributed by atoms with van der Waals surface area (Å²) in [4.78, 5) is 0. The minimum absolute atomic E-state index is 0.215. The molecule has 0 aromatic heterocycles.